The van der Waals surface area contributed by atoms with Crippen molar-refractivity contribution in [3.05, 3.63) is 5.21 Å². The Morgan fingerprint density at radius 3 is 2.62 bits per heavy atom. The van der Waals surface area contributed by atoms with Gasteiger partial charge in [0.1, 0.15) is 6.54 Å². The van der Waals surface area contributed by atoms with E-state index in [0.29, 0.717) is 13.0 Å². The van der Waals surface area contributed by atoms with E-state index < -0.39 is 0 Å². The Kier molecular flexibility index (Phi) is 1.19. The maximum atomic E-state index is 10.5. The average Bonchev–Trinajstić information content (AvgIpc) is 1.98. The molecule has 0 radical (unpaired) electrons. The van der Waals surface area contributed by atoms with Crippen molar-refractivity contribution >= 4 is 5.91 Å². The molecule has 0 aromatic rings. The van der Waals surface area contributed by atoms with E-state index in [-0.39, 0.29) is 11.1 Å². The normalized spacial score (nSPS) is 29.5. The van der Waals surface area contributed by atoms with E-state index in [0.717, 1.165) is 0 Å². The summed E-state index contributed by atoms with van der Waals surface area (Å²) in [6.07, 6.45) is 0.398. The van der Waals surface area contributed by atoms with Gasteiger partial charge in [-0.05, 0) is 0 Å². The number of nitrogens with one attached hydrogen (secondary N) is 1. The van der Waals surface area contributed by atoms with E-state index in [2.05, 4.69) is 0 Å². The minimum absolute atomic E-state index is 0.0602. The molecule has 1 aliphatic rings. The monoisotopic (exact) mass is 116 g/mol. The molecule has 1 heterocycles. The summed E-state index contributed by atoms with van der Waals surface area (Å²) < 4.78 is 0. The highest BCUT2D eigenvalue weighted by Gasteiger charge is 2.22. The van der Waals surface area contributed by atoms with Gasteiger partial charge in [-0.15, -0.1) is 0 Å². The number of carbonyl (C=O) groups excluding carboxylic acids is 1. The maximum absolute atomic E-state index is 10.5. The minimum Gasteiger partial charge on any atom is -0.608 e. The van der Waals surface area contributed by atoms with Crippen LogP contribution in [0, 0.1) is 5.21 Å². The largest absolute Gasteiger partial charge is 0.608 e. The standard InChI is InChI=1S/C4H8N2O2/c1-5-4(7)2-3-6(5)8/h6H,2-3H2,1H3. The first-order valence-corrected chi connectivity index (χ1v) is 2.51. The summed E-state index contributed by atoms with van der Waals surface area (Å²) in [6, 6.07) is 0. The fourth-order valence-electron chi connectivity index (χ4n) is 0.688. The van der Waals surface area contributed by atoms with Crippen LogP contribution in [0.2, 0.25) is 0 Å². The van der Waals surface area contributed by atoms with Crippen LogP contribution in [0.25, 0.3) is 0 Å². The molecule has 1 fully saturated rings. The Labute approximate surface area is 47.2 Å². The van der Waals surface area contributed by atoms with Crippen molar-refractivity contribution < 1.29 is 9.97 Å². The third kappa shape index (κ3) is 0.677. The Morgan fingerprint density at radius 2 is 2.50 bits per heavy atom. The zero-order chi connectivity index (χ0) is 6.15. The van der Waals surface area contributed by atoms with Crippen LogP contribution in [0.5, 0.6) is 0 Å². The van der Waals surface area contributed by atoms with Crippen molar-refractivity contribution in [3.63, 3.8) is 0 Å². The number of hydroxylamine groups is 1. The molecule has 4 heteroatoms. The molecule has 1 aliphatic heterocycles. The Balaban J connectivity index is 2.56. The highest BCUT2D eigenvalue weighted by Crippen LogP contribution is 1.86. The lowest BCUT2D eigenvalue weighted by atomic mass is 10.4. The van der Waals surface area contributed by atoms with Crippen LogP contribution in [0.4, 0.5) is 0 Å². The molecule has 0 spiro atoms. The van der Waals surface area contributed by atoms with Crippen molar-refractivity contribution in [2.24, 2.45) is 0 Å². The summed E-state index contributed by atoms with van der Waals surface area (Å²) in [5.74, 6) is -0.0602. The van der Waals surface area contributed by atoms with Gasteiger partial charge in [-0.25, -0.2) is 0 Å². The summed E-state index contributed by atoms with van der Waals surface area (Å²) in [5, 5.41) is 11.6. The van der Waals surface area contributed by atoms with Crippen LogP contribution in [-0.2, 0) is 4.79 Å². The lowest BCUT2D eigenvalue weighted by Gasteiger charge is -2.21. The molecule has 4 nitrogen and oxygen atoms in total. The summed E-state index contributed by atoms with van der Waals surface area (Å²) in [6.45, 7) is 0.398. The SMILES string of the molecule is CN1C(=O)CC[NH+]1[O-]. The van der Waals surface area contributed by atoms with Gasteiger partial charge in [0.15, 0.2) is 0 Å². The van der Waals surface area contributed by atoms with Crippen LogP contribution in [0.15, 0.2) is 0 Å². The number of nitrogens with zero attached hydrogens (tertiary/aromatic N) is 1. The molecule has 1 unspecified atom stereocenters. The topological polar surface area (TPSA) is 47.8 Å². The number of quaternary nitrogens is 1. The number of hydrogen-bond donors (Lipinski definition) is 1. The van der Waals surface area contributed by atoms with Gasteiger partial charge in [-0.2, -0.15) is 5.01 Å². The van der Waals surface area contributed by atoms with Gasteiger partial charge in [0.25, 0.3) is 5.91 Å². The first-order valence-electron chi connectivity index (χ1n) is 2.51. The van der Waals surface area contributed by atoms with Gasteiger partial charge < -0.3 is 5.21 Å². The van der Waals surface area contributed by atoms with E-state index in [1.807, 2.05) is 0 Å². The first-order chi connectivity index (χ1) is 3.72. The second-order valence-electron chi connectivity index (χ2n) is 1.85. The second kappa shape index (κ2) is 1.72. The smallest absolute Gasteiger partial charge is 0.273 e. The van der Waals surface area contributed by atoms with Crippen molar-refractivity contribution in [1.29, 1.82) is 0 Å². The second-order valence-corrected chi connectivity index (χ2v) is 1.85. The van der Waals surface area contributed by atoms with Gasteiger partial charge in [0, 0.05) is 0 Å². The number of carbonyl (C=O) groups is 1. The molecule has 0 saturated carbocycles. The number of amides is 1. The van der Waals surface area contributed by atoms with Gasteiger partial charge in [0.2, 0.25) is 0 Å². The minimum atomic E-state index is -0.0602. The van der Waals surface area contributed by atoms with E-state index in [4.69, 9.17) is 0 Å². The quantitative estimate of drug-likeness (QED) is 0.377. The molecule has 0 aliphatic carbocycles. The Morgan fingerprint density at radius 1 is 1.88 bits per heavy atom. The summed E-state index contributed by atoms with van der Waals surface area (Å²) >= 11 is 0. The molecular formula is C4H8N2O2. The van der Waals surface area contributed by atoms with Crippen LogP contribution >= 0.6 is 0 Å². The molecule has 0 aromatic carbocycles. The Bertz CT molecular complexity index is 115. The fourth-order valence-corrected chi connectivity index (χ4v) is 0.688. The first kappa shape index (κ1) is 5.53. The van der Waals surface area contributed by atoms with E-state index in [9.17, 15) is 10.0 Å². The predicted octanol–water partition coefficient (Wildman–Crippen LogP) is -1.85. The molecule has 1 rings (SSSR count). The number of hydrogen-bond acceptors (Lipinski definition) is 2. The zero-order valence-corrected chi connectivity index (χ0v) is 4.68. The third-order valence-electron chi connectivity index (χ3n) is 1.30. The van der Waals surface area contributed by atoms with Crippen LogP contribution in [-0.4, -0.2) is 24.5 Å². The Hall–Kier alpha value is -0.610. The highest BCUT2D eigenvalue weighted by molar-refractivity contribution is 5.75. The van der Waals surface area contributed by atoms with Gasteiger partial charge in [-0.3, -0.25) is 9.97 Å². The van der Waals surface area contributed by atoms with Crippen LogP contribution in [0.3, 0.4) is 0 Å². The third-order valence-corrected chi connectivity index (χ3v) is 1.30. The van der Waals surface area contributed by atoms with E-state index >= 15 is 0 Å². The maximum Gasteiger partial charge on any atom is 0.273 e. The molecule has 0 aromatic heterocycles. The van der Waals surface area contributed by atoms with E-state index in [1.165, 1.54) is 12.1 Å². The lowest BCUT2D eigenvalue weighted by molar-refractivity contribution is -0.944. The molecule has 1 amide bonds. The molecule has 46 valence electrons. The van der Waals surface area contributed by atoms with Crippen molar-refractivity contribution in [2.45, 2.75) is 6.42 Å². The average molecular weight is 116 g/mol. The van der Waals surface area contributed by atoms with Gasteiger partial charge in [0.05, 0.1) is 13.5 Å². The summed E-state index contributed by atoms with van der Waals surface area (Å²) in [7, 11) is 1.51. The molecular weight excluding hydrogens is 108 g/mol. The molecule has 1 atom stereocenters. The van der Waals surface area contributed by atoms with Crippen LogP contribution < -0.4 is 5.17 Å². The summed E-state index contributed by atoms with van der Waals surface area (Å²) in [5.41, 5.74) is 0. The molecule has 0 bridgehead atoms. The van der Waals surface area contributed by atoms with Gasteiger partial charge >= 0.3 is 0 Å². The zero-order valence-electron chi connectivity index (χ0n) is 4.68. The highest BCUT2D eigenvalue weighted by atomic mass is 16.6. The lowest BCUT2D eigenvalue weighted by Crippen LogP contribution is -3.11. The van der Waals surface area contributed by atoms with Crippen LogP contribution in [0.1, 0.15) is 6.42 Å². The predicted molar refractivity (Wildman–Crippen MR) is 26.6 cm³/mol. The fraction of sp³-hybridized carbons (Fsp3) is 0.750. The summed E-state index contributed by atoms with van der Waals surface area (Å²) in [4.78, 5) is 10.5. The van der Waals surface area contributed by atoms with E-state index in [1.54, 1.807) is 0 Å². The molecule has 8 heavy (non-hydrogen) atoms. The van der Waals surface area contributed by atoms with Gasteiger partial charge in [-0.1, -0.05) is 0 Å². The van der Waals surface area contributed by atoms with Crippen molar-refractivity contribution in [3.8, 4) is 0 Å². The molecule has 1 saturated heterocycles. The van der Waals surface area contributed by atoms with Crippen molar-refractivity contribution in [2.75, 3.05) is 13.6 Å². The molecule has 1 N–H and O–H groups in total. The van der Waals surface area contributed by atoms with Crippen molar-refractivity contribution in [1.82, 2.24) is 5.01 Å². The number of rotatable bonds is 0.